The van der Waals surface area contributed by atoms with E-state index in [9.17, 15) is 13.2 Å². The van der Waals surface area contributed by atoms with Crippen LogP contribution in [0.25, 0.3) is 0 Å². The fraction of sp³-hybridized carbons (Fsp3) is 0.350. The molecule has 1 saturated heterocycles. The lowest BCUT2D eigenvalue weighted by Gasteiger charge is -2.27. The molecule has 0 aromatic heterocycles. The van der Waals surface area contributed by atoms with E-state index < -0.39 is 10.0 Å². The van der Waals surface area contributed by atoms with Crippen LogP contribution >= 0.6 is 0 Å². The van der Waals surface area contributed by atoms with Crippen LogP contribution in [0.2, 0.25) is 0 Å². The van der Waals surface area contributed by atoms with Crippen molar-refractivity contribution in [1.82, 2.24) is 9.62 Å². The summed E-state index contributed by atoms with van der Waals surface area (Å²) in [6.45, 7) is 3.65. The van der Waals surface area contributed by atoms with Crippen molar-refractivity contribution < 1.29 is 17.9 Å². The first kappa shape index (κ1) is 19.5. The first-order valence-electron chi connectivity index (χ1n) is 8.95. The molecule has 6 nitrogen and oxygen atoms in total. The number of nitrogens with one attached hydrogen (secondary N) is 1. The fourth-order valence-electron chi connectivity index (χ4n) is 2.98. The predicted octanol–water partition coefficient (Wildman–Crippen LogP) is 1.87. The van der Waals surface area contributed by atoms with Crippen molar-refractivity contribution >= 4 is 15.9 Å². The van der Waals surface area contributed by atoms with Gasteiger partial charge in [-0.3, -0.25) is 4.79 Å². The van der Waals surface area contributed by atoms with Gasteiger partial charge in [-0.25, -0.2) is 8.42 Å². The van der Waals surface area contributed by atoms with Crippen LogP contribution in [0.15, 0.2) is 53.4 Å². The molecule has 0 atom stereocenters. The van der Waals surface area contributed by atoms with Gasteiger partial charge in [0.25, 0.3) is 0 Å². The summed E-state index contributed by atoms with van der Waals surface area (Å²) in [7, 11) is -3.60. The zero-order valence-corrected chi connectivity index (χ0v) is 16.2. The van der Waals surface area contributed by atoms with Gasteiger partial charge in [-0.15, -0.1) is 0 Å². The molecular formula is C20H24N2O4S. The molecule has 7 heteroatoms. The molecule has 0 saturated carbocycles. The number of aryl methyl sites for hydroxylation is 1. The van der Waals surface area contributed by atoms with E-state index in [0.29, 0.717) is 31.9 Å². The lowest BCUT2D eigenvalue weighted by Crippen LogP contribution is -2.41. The monoisotopic (exact) mass is 388 g/mol. The summed E-state index contributed by atoms with van der Waals surface area (Å²) >= 11 is 0. The van der Waals surface area contributed by atoms with E-state index in [0.717, 1.165) is 11.1 Å². The van der Waals surface area contributed by atoms with Crippen LogP contribution in [0.5, 0.6) is 0 Å². The predicted molar refractivity (Wildman–Crippen MR) is 103 cm³/mol. The first-order valence-corrected chi connectivity index (χ1v) is 10.4. The second kappa shape index (κ2) is 8.65. The number of carbonyl (C=O) groups is 1. The summed E-state index contributed by atoms with van der Waals surface area (Å²) in [4.78, 5) is 12.5. The van der Waals surface area contributed by atoms with Crippen LogP contribution in [0.4, 0.5) is 0 Å². The van der Waals surface area contributed by atoms with E-state index in [1.807, 2.05) is 31.2 Å². The number of hydrogen-bond acceptors (Lipinski definition) is 4. The number of morpholine rings is 1. The van der Waals surface area contributed by atoms with Gasteiger partial charge >= 0.3 is 0 Å². The standard InChI is InChI=1S/C20H24N2O4S/c1-16-6-8-17(9-7-16)14-20(23)21-15-18-4-2-3-5-19(18)27(24,25)22-10-12-26-13-11-22/h2-9H,10-15H2,1H3,(H,21,23). The summed E-state index contributed by atoms with van der Waals surface area (Å²) in [5, 5.41) is 2.83. The quantitative estimate of drug-likeness (QED) is 0.820. The van der Waals surface area contributed by atoms with E-state index in [-0.39, 0.29) is 23.8 Å². The lowest BCUT2D eigenvalue weighted by atomic mass is 10.1. The highest BCUT2D eigenvalue weighted by Crippen LogP contribution is 2.21. The van der Waals surface area contributed by atoms with Crippen molar-refractivity contribution in [3.05, 3.63) is 65.2 Å². The van der Waals surface area contributed by atoms with Crippen molar-refractivity contribution in [1.29, 1.82) is 0 Å². The molecule has 3 rings (SSSR count). The first-order chi connectivity index (χ1) is 13.0. The van der Waals surface area contributed by atoms with Crippen molar-refractivity contribution in [2.45, 2.75) is 24.8 Å². The number of sulfonamides is 1. The van der Waals surface area contributed by atoms with Crippen molar-refractivity contribution in [2.24, 2.45) is 0 Å². The number of nitrogens with zero attached hydrogens (tertiary/aromatic N) is 1. The van der Waals surface area contributed by atoms with Gasteiger partial charge in [-0.05, 0) is 24.1 Å². The van der Waals surface area contributed by atoms with Gasteiger partial charge in [0.1, 0.15) is 0 Å². The highest BCUT2D eigenvalue weighted by Gasteiger charge is 2.28. The summed E-state index contributed by atoms with van der Waals surface area (Å²) in [5.74, 6) is -0.141. The smallest absolute Gasteiger partial charge is 0.243 e. The molecule has 1 N–H and O–H groups in total. The Morgan fingerprint density at radius 3 is 2.44 bits per heavy atom. The average molecular weight is 388 g/mol. The van der Waals surface area contributed by atoms with Crippen LogP contribution in [0.1, 0.15) is 16.7 Å². The molecule has 1 heterocycles. The summed E-state index contributed by atoms with van der Waals surface area (Å²) < 4.78 is 32.5. The van der Waals surface area contributed by atoms with Gasteiger partial charge in [0.2, 0.25) is 15.9 Å². The maximum absolute atomic E-state index is 12.9. The third-order valence-corrected chi connectivity index (χ3v) is 6.52. The molecule has 0 radical (unpaired) electrons. The highest BCUT2D eigenvalue weighted by molar-refractivity contribution is 7.89. The molecule has 1 aliphatic heterocycles. The van der Waals surface area contributed by atoms with E-state index in [1.54, 1.807) is 24.3 Å². The molecule has 1 aliphatic rings. The fourth-order valence-corrected chi connectivity index (χ4v) is 4.61. The van der Waals surface area contributed by atoms with Crippen LogP contribution in [-0.4, -0.2) is 44.9 Å². The normalized spacial score (nSPS) is 15.4. The molecule has 0 spiro atoms. The number of rotatable bonds is 6. The summed E-state index contributed by atoms with van der Waals surface area (Å²) in [6, 6.07) is 14.6. The molecule has 0 unspecified atom stereocenters. The molecule has 27 heavy (non-hydrogen) atoms. The van der Waals surface area contributed by atoms with Crippen LogP contribution in [0.3, 0.4) is 0 Å². The van der Waals surface area contributed by atoms with Crippen molar-refractivity contribution in [2.75, 3.05) is 26.3 Å². The Balaban J connectivity index is 1.68. The van der Waals surface area contributed by atoms with Gasteiger partial charge in [-0.1, -0.05) is 48.0 Å². The summed E-state index contributed by atoms with van der Waals surface area (Å²) in [5.41, 5.74) is 2.65. The lowest BCUT2D eigenvalue weighted by molar-refractivity contribution is -0.120. The topological polar surface area (TPSA) is 75.7 Å². The molecule has 1 fully saturated rings. The van der Waals surface area contributed by atoms with E-state index in [1.165, 1.54) is 4.31 Å². The van der Waals surface area contributed by atoms with Gasteiger partial charge in [0, 0.05) is 19.6 Å². The largest absolute Gasteiger partial charge is 0.379 e. The van der Waals surface area contributed by atoms with Gasteiger partial charge < -0.3 is 10.1 Å². The molecular weight excluding hydrogens is 364 g/mol. The van der Waals surface area contributed by atoms with Crippen molar-refractivity contribution in [3.63, 3.8) is 0 Å². The molecule has 144 valence electrons. The maximum atomic E-state index is 12.9. The number of benzene rings is 2. The molecule has 0 bridgehead atoms. The van der Waals surface area contributed by atoms with E-state index in [2.05, 4.69) is 5.32 Å². The van der Waals surface area contributed by atoms with Crippen LogP contribution in [0, 0.1) is 6.92 Å². The van der Waals surface area contributed by atoms with E-state index >= 15 is 0 Å². The number of carbonyl (C=O) groups excluding carboxylic acids is 1. The SMILES string of the molecule is Cc1ccc(CC(=O)NCc2ccccc2S(=O)(=O)N2CCOCC2)cc1. The molecule has 2 aromatic rings. The van der Waals surface area contributed by atoms with Gasteiger partial charge in [0.15, 0.2) is 0 Å². The maximum Gasteiger partial charge on any atom is 0.243 e. The second-order valence-electron chi connectivity index (χ2n) is 6.56. The molecule has 0 aliphatic carbocycles. The Morgan fingerprint density at radius 2 is 1.74 bits per heavy atom. The zero-order valence-electron chi connectivity index (χ0n) is 15.3. The Bertz CT molecular complexity index is 888. The molecule has 1 amide bonds. The van der Waals surface area contributed by atoms with Gasteiger partial charge in [0.05, 0.1) is 24.5 Å². The third kappa shape index (κ3) is 4.94. The molecule has 2 aromatic carbocycles. The number of amides is 1. The number of ether oxygens (including phenoxy) is 1. The number of hydrogen-bond donors (Lipinski definition) is 1. The highest BCUT2D eigenvalue weighted by atomic mass is 32.2. The van der Waals surface area contributed by atoms with Crippen molar-refractivity contribution in [3.8, 4) is 0 Å². The van der Waals surface area contributed by atoms with Crippen LogP contribution in [-0.2, 0) is 32.5 Å². The zero-order chi connectivity index (χ0) is 19.3. The Kier molecular flexibility index (Phi) is 6.26. The Labute approximate surface area is 160 Å². The van der Waals surface area contributed by atoms with Crippen LogP contribution < -0.4 is 5.32 Å². The second-order valence-corrected chi connectivity index (χ2v) is 8.47. The van der Waals surface area contributed by atoms with E-state index in [4.69, 9.17) is 4.74 Å². The average Bonchev–Trinajstić information content (AvgIpc) is 2.69. The minimum absolute atomic E-state index is 0.141. The Hall–Kier alpha value is -2.22. The minimum Gasteiger partial charge on any atom is -0.379 e. The Morgan fingerprint density at radius 1 is 1.07 bits per heavy atom. The minimum atomic E-state index is -3.60. The third-order valence-electron chi connectivity index (χ3n) is 4.52. The summed E-state index contributed by atoms with van der Waals surface area (Å²) in [6.07, 6.45) is 0.263. The van der Waals surface area contributed by atoms with Gasteiger partial charge in [-0.2, -0.15) is 4.31 Å².